The molecule has 1 aromatic rings. The second-order valence-corrected chi connectivity index (χ2v) is 5.32. The Kier molecular flexibility index (Phi) is 3.56. The number of anilines is 1. The number of amides is 1. The molecule has 1 amide bonds. The number of nitrogens with zero attached hydrogens (tertiary/aromatic N) is 1. The van der Waals surface area contributed by atoms with Gasteiger partial charge in [-0.2, -0.15) is 0 Å². The lowest BCUT2D eigenvalue weighted by atomic mass is 9.95. The molecule has 2 saturated heterocycles. The van der Waals surface area contributed by atoms with Gasteiger partial charge >= 0.3 is 0 Å². The summed E-state index contributed by atoms with van der Waals surface area (Å²) in [5, 5.41) is 8.65. The summed E-state index contributed by atoms with van der Waals surface area (Å²) in [6.07, 6.45) is 3.44. The van der Waals surface area contributed by atoms with Crippen LogP contribution < -0.4 is 16.4 Å². The Hall–Kier alpha value is -0.850. The van der Waals surface area contributed by atoms with Crippen LogP contribution in [0.2, 0.25) is 0 Å². The number of nitrogens with one attached hydrogen (secondary N) is 2. The average Bonchev–Trinajstić information content (AvgIpc) is 2.92. The van der Waals surface area contributed by atoms with E-state index in [0.717, 1.165) is 12.8 Å². The van der Waals surface area contributed by atoms with E-state index in [9.17, 15) is 4.79 Å². The Balaban J connectivity index is 0.00000108. The zero-order valence-corrected chi connectivity index (χ0v) is 10.8. The van der Waals surface area contributed by atoms with Gasteiger partial charge in [0.25, 0.3) is 5.91 Å². The number of rotatable bonds is 2. The van der Waals surface area contributed by atoms with Gasteiger partial charge in [0, 0.05) is 23.5 Å². The fourth-order valence-electron chi connectivity index (χ4n) is 2.62. The lowest BCUT2D eigenvalue weighted by Crippen LogP contribution is -2.43. The zero-order chi connectivity index (χ0) is 11.1. The molecule has 5 nitrogen and oxygen atoms in total. The van der Waals surface area contributed by atoms with E-state index >= 15 is 0 Å². The first-order chi connectivity index (χ1) is 7.72. The standard InChI is InChI=1S/C10H14N4OS.ClH/c11-10-14-8(4-16-10)9(15)13-7-3-5-1-2-6(7)12-5;/h4-7,12H,1-3H2,(H2,11,14)(H,13,15);1H/t5-,6+,7+;/m1./s1. The number of carbonyl (C=O) groups excluding carboxylic acids is 1. The van der Waals surface area contributed by atoms with E-state index in [0.29, 0.717) is 22.9 Å². The number of aromatic nitrogens is 1. The van der Waals surface area contributed by atoms with Gasteiger partial charge in [-0.1, -0.05) is 0 Å². The molecule has 0 unspecified atom stereocenters. The van der Waals surface area contributed by atoms with E-state index in [1.807, 2.05) is 0 Å². The van der Waals surface area contributed by atoms with Gasteiger partial charge in [-0.15, -0.1) is 23.7 Å². The molecule has 0 aliphatic carbocycles. The maximum atomic E-state index is 11.8. The Labute approximate surface area is 110 Å². The summed E-state index contributed by atoms with van der Waals surface area (Å²) in [6.45, 7) is 0. The SMILES string of the molecule is Cl.Nc1nc(C(=O)N[C@H]2C[C@H]3CC[C@@H]2N3)cs1. The van der Waals surface area contributed by atoms with Crippen LogP contribution in [0.15, 0.2) is 5.38 Å². The molecule has 3 heterocycles. The second kappa shape index (κ2) is 4.80. The van der Waals surface area contributed by atoms with Gasteiger partial charge in [0.1, 0.15) is 5.69 Å². The van der Waals surface area contributed by atoms with Crippen LogP contribution in [0.3, 0.4) is 0 Å². The van der Waals surface area contributed by atoms with Crippen molar-refractivity contribution in [1.29, 1.82) is 0 Å². The highest BCUT2D eigenvalue weighted by Crippen LogP contribution is 2.28. The fourth-order valence-corrected chi connectivity index (χ4v) is 3.16. The molecular formula is C10H15ClN4OS. The summed E-state index contributed by atoms with van der Waals surface area (Å²) in [5.74, 6) is -0.104. The summed E-state index contributed by atoms with van der Waals surface area (Å²) in [4.78, 5) is 15.8. The van der Waals surface area contributed by atoms with E-state index in [4.69, 9.17) is 5.73 Å². The highest BCUT2D eigenvalue weighted by Gasteiger charge is 2.39. The van der Waals surface area contributed by atoms with Gasteiger partial charge in [0.05, 0.1) is 0 Å². The number of hydrogen-bond acceptors (Lipinski definition) is 5. The van der Waals surface area contributed by atoms with Crippen LogP contribution in [0.5, 0.6) is 0 Å². The van der Waals surface area contributed by atoms with Gasteiger partial charge in [-0.3, -0.25) is 4.79 Å². The second-order valence-electron chi connectivity index (χ2n) is 4.43. The van der Waals surface area contributed by atoms with Gasteiger partial charge in [0.2, 0.25) is 0 Å². The van der Waals surface area contributed by atoms with Crippen molar-refractivity contribution in [2.45, 2.75) is 37.4 Å². The molecule has 2 aliphatic heterocycles. The maximum Gasteiger partial charge on any atom is 0.271 e. The van der Waals surface area contributed by atoms with Gasteiger partial charge in [-0.05, 0) is 19.3 Å². The smallest absolute Gasteiger partial charge is 0.271 e. The Morgan fingerprint density at radius 3 is 2.94 bits per heavy atom. The molecule has 2 fully saturated rings. The molecule has 3 rings (SSSR count). The predicted octanol–water partition coefficient (Wildman–Crippen LogP) is 0.770. The summed E-state index contributed by atoms with van der Waals surface area (Å²) in [5.41, 5.74) is 5.94. The van der Waals surface area contributed by atoms with Crippen LogP contribution in [-0.4, -0.2) is 29.0 Å². The molecule has 0 radical (unpaired) electrons. The highest BCUT2D eigenvalue weighted by atomic mass is 35.5. The molecule has 17 heavy (non-hydrogen) atoms. The Morgan fingerprint density at radius 1 is 1.59 bits per heavy atom. The Morgan fingerprint density at radius 2 is 2.41 bits per heavy atom. The first-order valence-corrected chi connectivity index (χ1v) is 6.38. The number of nitrogen functional groups attached to an aromatic ring is 1. The van der Waals surface area contributed by atoms with Crippen LogP contribution in [0.1, 0.15) is 29.8 Å². The first-order valence-electron chi connectivity index (χ1n) is 5.50. The third-order valence-electron chi connectivity index (χ3n) is 3.37. The van der Waals surface area contributed by atoms with Gasteiger partial charge < -0.3 is 16.4 Å². The van der Waals surface area contributed by atoms with Crippen molar-refractivity contribution in [2.75, 3.05) is 5.73 Å². The summed E-state index contributed by atoms with van der Waals surface area (Å²) in [6, 6.07) is 1.30. The van der Waals surface area contributed by atoms with Crippen molar-refractivity contribution >= 4 is 34.8 Å². The molecule has 0 aromatic carbocycles. The number of hydrogen-bond donors (Lipinski definition) is 3. The lowest BCUT2D eigenvalue weighted by molar-refractivity contribution is 0.0926. The van der Waals surface area contributed by atoms with Crippen molar-refractivity contribution in [1.82, 2.24) is 15.6 Å². The predicted molar refractivity (Wildman–Crippen MR) is 69.6 cm³/mol. The molecule has 0 saturated carbocycles. The largest absolute Gasteiger partial charge is 0.375 e. The van der Waals surface area contributed by atoms with E-state index in [-0.39, 0.29) is 24.4 Å². The number of fused-ring (bicyclic) bond motifs is 2. The zero-order valence-electron chi connectivity index (χ0n) is 9.18. The van der Waals surface area contributed by atoms with E-state index < -0.39 is 0 Å². The minimum atomic E-state index is -0.104. The van der Waals surface area contributed by atoms with Crippen LogP contribution in [0, 0.1) is 0 Å². The maximum absolute atomic E-state index is 11.8. The summed E-state index contributed by atoms with van der Waals surface area (Å²) >= 11 is 1.30. The van der Waals surface area contributed by atoms with Gasteiger partial charge in [0.15, 0.2) is 5.13 Å². The van der Waals surface area contributed by atoms with Crippen LogP contribution in [0.4, 0.5) is 5.13 Å². The van der Waals surface area contributed by atoms with Crippen molar-refractivity contribution in [3.8, 4) is 0 Å². The highest BCUT2D eigenvalue weighted by molar-refractivity contribution is 7.13. The molecular weight excluding hydrogens is 260 g/mol. The minimum absolute atomic E-state index is 0. The molecule has 2 aliphatic rings. The van der Waals surface area contributed by atoms with Crippen molar-refractivity contribution in [3.05, 3.63) is 11.1 Å². The van der Waals surface area contributed by atoms with E-state index in [1.54, 1.807) is 5.38 Å². The number of carbonyl (C=O) groups is 1. The van der Waals surface area contributed by atoms with Gasteiger partial charge in [-0.25, -0.2) is 4.98 Å². The molecule has 2 bridgehead atoms. The minimum Gasteiger partial charge on any atom is -0.375 e. The average molecular weight is 275 g/mol. The summed E-state index contributed by atoms with van der Waals surface area (Å²) in [7, 11) is 0. The molecule has 4 N–H and O–H groups in total. The normalized spacial score (nSPS) is 30.0. The van der Waals surface area contributed by atoms with E-state index in [1.165, 1.54) is 17.8 Å². The topological polar surface area (TPSA) is 80.0 Å². The van der Waals surface area contributed by atoms with E-state index in [2.05, 4.69) is 15.6 Å². The first kappa shape index (κ1) is 12.6. The van der Waals surface area contributed by atoms with Crippen LogP contribution in [-0.2, 0) is 0 Å². The summed E-state index contributed by atoms with van der Waals surface area (Å²) < 4.78 is 0. The van der Waals surface area contributed by atoms with Crippen molar-refractivity contribution in [3.63, 3.8) is 0 Å². The molecule has 94 valence electrons. The number of halogens is 1. The quantitative estimate of drug-likeness (QED) is 0.744. The van der Waals surface area contributed by atoms with Crippen LogP contribution >= 0.6 is 23.7 Å². The third kappa shape index (κ3) is 2.38. The lowest BCUT2D eigenvalue weighted by Gasteiger charge is -2.20. The molecule has 3 atom stereocenters. The molecule has 7 heteroatoms. The molecule has 0 spiro atoms. The third-order valence-corrected chi connectivity index (χ3v) is 4.05. The Bertz CT molecular complexity index is 424. The number of thiazole rings is 1. The van der Waals surface area contributed by atoms with Crippen LogP contribution in [0.25, 0.3) is 0 Å². The number of nitrogens with two attached hydrogens (primary N) is 1. The van der Waals surface area contributed by atoms with Crippen molar-refractivity contribution < 1.29 is 4.79 Å². The van der Waals surface area contributed by atoms with Crippen molar-refractivity contribution in [2.24, 2.45) is 0 Å². The molecule has 1 aromatic heterocycles. The fraction of sp³-hybridized carbons (Fsp3) is 0.600. The monoisotopic (exact) mass is 274 g/mol.